The fourth-order valence-electron chi connectivity index (χ4n) is 1.06. The van der Waals surface area contributed by atoms with Crippen LogP contribution in [-0.2, 0) is 9.84 Å². The van der Waals surface area contributed by atoms with E-state index in [-0.39, 0.29) is 5.75 Å². The fourth-order valence-corrected chi connectivity index (χ4v) is 3.28. The number of hydrogen-bond acceptors (Lipinski definition) is 5. The molecule has 4 nitrogen and oxygen atoms in total. The first kappa shape index (κ1) is 11.9. The van der Waals surface area contributed by atoms with E-state index in [1.807, 2.05) is 0 Å². The van der Waals surface area contributed by atoms with Crippen molar-refractivity contribution >= 4 is 32.8 Å². The average Bonchev–Trinajstić information content (AvgIpc) is 2.45. The van der Waals surface area contributed by atoms with E-state index in [0.717, 1.165) is 4.88 Å². The van der Waals surface area contributed by atoms with Gasteiger partial charge in [-0.3, -0.25) is 11.3 Å². The molecule has 0 aliphatic rings. The van der Waals surface area contributed by atoms with Crippen molar-refractivity contribution in [1.82, 2.24) is 5.43 Å². The third kappa shape index (κ3) is 3.21. The zero-order valence-electron chi connectivity index (χ0n) is 7.53. The highest BCUT2D eigenvalue weighted by atomic mass is 35.5. The number of hydrazine groups is 1. The zero-order chi connectivity index (χ0) is 10.8. The summed E-state index contributed by atoms with van der Waals surface area (Å²) in [6.07, 6.45) is 1.17. The van der Waals surface area contributed by atoms with E-state index in [1.165, 1.54) is 17.6 Å². The van der Waals surface area contributed by atoms with E-state index in [9.17, 15) is 8.42 Å². The molecule has 80 valence electrons. The number of hydrogen-bond donors (Lipinski definition) is 2. The molecule has 0 aliphatic heterocycles. The Bertz CT molecular complexity index is 402. The first-order valence-electron chi connectivity index (χ1n) is 3.81. The van der Waals surface area contributed by atoms with Gasteiger partial charge >= 0.3 is 0 Å². The van der Waals surface area contributed by atoms with Gasteiger partial charge in [0.1, 0.15) is 9.84 Å². The summed E-state index contributed by atoms with van der Waals surface area (Å²) in [5.41, 5.74) is 2.45. The highest BCUT2D eigenvalue weighted by molar-refractivity contribution is 7.90. The van der Waals surface area contributed by atoms with Crippen molar-refractivity contribution in [3.63, 3.8) is 0 Å². The van der Waals surface area contributed by atoms with Crippen LogP contribution in [0.25, 0.3) is 0 Å². The van der Waals surface area contributed by atoms with Crippen LogP contribution in [0.3, 0.4) is 0 Å². The molecular weight excluding hydrogens is 244 g/mol. The second-order valence-electron chi connectivity index (χ2n) is 2.94. The number of thiophene rings is 1. The summed E-state index contributed by atoms with van der Waals surface area (Å²) in [6.45, 7) is 0. The van der Waals surface area contributed by atoms with Gasteiger partial charge in [0, 0.05) is 11.1 Å². The van der Waals surface area contributed by atoms with Gasteiger partial charge in [-0.15, -0.1) is 11.3 Å². The Balaban J connectivity index is 2.89. The van der Waals surface area contributed by atoms with Crippen LogP contribution >= 0.6 is 22.9 Å². The molecule has 0 saturated carbocycles. The first-order valence-corrected chi connectivity index (χ1v) is 7.12. The summed E-state index contributed by atoms with van der Waals surface area (Å²) in [6, 6.07) is 1.28. The third-order valence-electron chi connectivity index (χ3n) is 1.63. The minimum Gasteiger partial charge on any atom is -0.271 e. The van der Waals surface area contributed by atoms with Crippen molar-refractivity contribution in [2.45, 2.75) is 6.04 Å². The van der Waals surface area contributed by atoms with E-state index in [4.69, 9.17) is 17.4 Å². The Hall–Kier alpha value is -0.140. The minimum atomic E-state index is -3.07. The summed E-state index contributed by atoms with van der Waals surface area (Å²) < 4.78 is 22.1. The van der Waals surface area contributed by atoms with Crippen LogP contribution in [0, 0.1) is 0 Å². The van der Waals surface area contributed by atoms with Crippen molar-refractivity contribution in [2.24, 2.45) is 5.84 Å². The second kappa shape index (κ2) is 4.59. The van der Waals surface area contributed by atoms with Crippen molar-refractivity contribution in [2.75, 3.05) is 12.0 Å². The first-order chi connectivity index (χ1) is 6.44. The molecule has 7 heteroatoms. The largest absolute Gasteiger partial charge is 0.271 e. The van der Waals surface area contributed by atoms with Gasteiger partial charge in [0.05, 0.1) is 16.8 Å². The van der Waals surface area contributed by atoms with E-state index < -0.39 is 15.9 Å². The Labute approximate surface area is 92.0 Å². The number of halogens is 1. The number of nitrogens with one attached hydrogen (secondary N) is 1. The van der Waals surface area contributed by atoms with Crippen LogP contribution in [0.1, 0.15) is 10.9 Å². The summed E-state index contributed by atoms with van der Waals surface area (Å²) in [5, 5.41) is 2.34. The fraction of sp³-hybridized carbons (Fsp3) is 0.429. The van der Waals surface area contributed by atoms with Crippen molar-refractivity contribution in [3.8, 4) is 0 Å². The van der Waals surface area contributed by atoms with Crippen molar-refractivity contribution in [1.29, 1.82) is 0 Å². The van der Waals surface area contributed by atoms with Gasteiger partial charge in [0.2, 0.25) is 0 Å². The number of sulfone groups is 1. The lowest BCUT2D eigenvalue weighted by molar-refractivity contribution is 0.568. The molecular formula is C7H11ClN2O2S2. The number of nitrogens with two attached hydrogens (primary N) is 1. The molecule has 1 unspecified atom stereocenters. The normalized spacial score (nSPS) is 14.2. The highest BCUT2D eigenvalue weighted by Gasteiger charge is 2.19. The van der Waals surface area contributed by atoms with Gasteiger partial charge in [-0.25, -0.2) is 8.42 Å². The molecule has 0 aliphatic carbocycles. The predicted molar refractivity (Wildman–Crippen MR) is 59.1 cm³/mol. The van der Waals surface area contributed by atoms with Gasteiger partial charge in [-0.1, -0.05) is 11.6 Å². The third-order valence-corrected chi connectivity index (χ3v) is 4.04. The lowest BCUT2D eigenvalue weighted by atomic mass is 10.3. The Morgan fingerprint density at radius 3 is 2.71 bits per heavy atom. The van der Waals surface area contributed by atoms with E-state index in [0.29, 0.717) is 5.02 Å². The summed E-state index contributed by atoms with van der Waals surface area (Å²) in [5.74, 6) is 5.22. The van der Waals surface area contributed by atoms with Crippen LogP contribution < -0.4 is 11.3 Å². The minimum absolute atomic E-state index is 0.0519. The molecule has 0 aromatic carbocycles. The van der Waals surface area contributed by atoms with Gasteiger partial charge in [-0.2, -0.15) is 0 Å². The van der Waals surface area contributed by atoms with Crippen LogP contribution in [0.15, 0.2) is 11.4 Å². The highest BCUT2D eigenvalue weighted by Crippen LogP contribution is 2.28. The molecule has 0 bridgehead atoms. The Morgan fingerprint density at radius 2 is 2.36 bits per heavy atom. The molecule has 1 atom stereocenters. The van der Waals surface area contributed by atoms with E-state index >= 15 is 0 Å². The lowest BCUT2D eigenvalue weighted by Gasteiger charge is -2.13. The standard InChI is InChI=1S/C7H11ClN2O2S2/c1-14(11,12)4-6(10-9)7-5(8)2-3-13-7/h2-3,6,10H,4,9H2,1H3. The predicted octanol–water partition coefficient (Wildman–Crippen LogP) is 0.951. The summed E-state index contributed by atoms with van der Waals surface area (Å²) in [4.78, 5) is 0.750. The molecule has 1 rings (SSSR count). The maximum absolute atomic E-state index is 11.1. The summed E-state index contributed by atoms with van der Waals surface area (Å²) >= 11 is 7.25. The lowest BCUT2D eigenvalue weighted by Crippen LogP contribution is -2.32. The summed E-state index contributed by atoms with van der Waals surface area (Å²) in [7, 11) is -3.07. The molecule has 0 saturated heterocycles. The van der Waals surface area contributed by atoms with E-state index in [1.54, 1.807) is 11.4 Å². The van der Waals surface area contributed by atoms with Crippen LogP contribution in [0.2, 0.25) is 5.02 Å². The van der Waals surface area contributed by atoms with Crippen molar-refractivity contribution < 1.29 is 8.42 Å². The monoisotopic (exact) mass is 254 g/mol. The Kier molecular flexibility index (Phi) is 3.91. The molecule has 0 radical (unpaired) electrons. The molecule has 3 N–H and O–H groups in total. The maximum Gasteiger partial charge on any atom is 0.149 e. The van der Waals surface area contributed by atoms with Gasteiger partial charge in [0.15, 0.2) is 0 Å². The molecule has 1 aromatic heterocycles. The SMILES string of the molecule is CS(=O)(=O)CC(NN)c1sccc1Cl. The maximum atomic E-state index is 11.1. The van der Waals surface area contributed by atoms with Gasteiger partial charge in [0.25, 0.3) is 0 Å². The smallest absolute Gasteiger partial charge is 0.149 e. The Morgan fingerprint density at radius 1 is 1.71 bits per heavy atom. The average molecular weight is 255 g/mol. The second-order valence-corrected chi connectivity index (χ2v) is 6.48. The van der Waals surface area contributed by atoms with Gasteiger partial charge in [-0.05, 0) is 11.4 Å². The number of rotatable bonds is 4. The van der Waals surface area contributed by atoms with Crippen LogP contribution in [0.5, 0.6) is 0 Å². The molecule has 14 heavy (non-hydrogen) atoms. The van der Waals surface area contributed by atoms with E-state index in [2.05, 4.69) is 5.43 Å². The molecule has 0 amide bonds. The van der Waals surface area contributed by atoms with Crippen LogP contribution in [0.4, 0.5) is 0 Å². The molecule has 0 spiro atoms. The topological polar surface area (TPSA) is 72.2 Å². The van der Waals surface area contributed by atoms with Gasteiger partial charge < -0.3 is 0 Å². The van der Waals surface area contributed by atoms with Crippen LogP contribution in [-0.4, -0.2) is 20.4 Å². The van der Waals surface area contributed by atoms with Crippen molar-refractivity contribution in [3.05, 3.63) is 21.3 Å². The molecule has 0 fully saturated rings. The zero-order valence-corrected chi connectivity index (χ0v) is 9.92. The molecule has 1 heterocycles. The quantitative estimate of drug-likeness (QED) is 0.620. The molecule has 1 aromatic rings.